The lowest BCUT2D eigenvalue weighted by Crippen LogP contribution is -2.32. The SMILES string of the molecule is CCCN(CCC)S(=O)(=O)c1cc(C(=O)O)n(C(C)C)c1. The zero-order valence-electron chi connectivity index (χ0n) is 13.0. The fraction of sp³-hybridized carbons (Fsp3) is 0.643. The normalized spacial score (nSPS) is 12.3. The molecule has 1 aromatic heterocycles. The number of sulfonamides is 1. The minimum absolute atomic E-state index is 0.00322. The summed E-state index contributed by atoms with van der Waals surface area (Å²) in [4.78, 5) is 11.3. The Morgan fingerprint density at radius 2 is 1.81 bits per heavy atom. The molecule has 0 aromatic carbocycles. The third-order valence-electron chi connectivity index (χ3n) is 3.18. The number of carbonyl (C=O) groups is 1. The number of aromatic nitrogens is 1. The highest BCUT2D eigenvalue weighted by molar-refractivity contribution is 7.89. The summed E-state index contributed by atoms with van der Waals surface area (Å²) < 4.78 is 28.2. The maximum absolute atomic E-state index is 12.6. The van der Waals surface area contributed by atoms with Crippen molar-refractivity contribution in [2.45, 2.75) is 51.5 Å². The van der Waals surface area contributed by atoms with Gasteiger partial charge < -0.3 is 9.67 Å². The van der Waals surface area contributed by atoms with Crippen LogP contribution in [0.25, 0.3) is 0 Å². The van der Waals surface area contributed by atoms with Crippen LogP contribution in [0, 0.1) is 0 Å². The summed E-state index contributed by atoms with van der Waals surface area (Å²) in [5, 5.41) is 9.21. The lowest BCUT2D eigenvalue weighted by molar-refractivity contribution is 0.0683. The smallest absolute Gasteiger partial charge is 0.352 e. The molecule has 1 rings (SSSR count). The quantitative estimate of drug-likeness (QED) is 0.799. The van der Waals surface area contributed by atoms with Crippen molar-refractivity contribution in [1.82, 2.24) is 8.87 Å². The molecular formula is C14H24N2O4S. The van der Waals surface area contributed by atoms with Gasteiger partial charge in [-0.15, -0.1) is 0 Å². The largest absolute Gasteiger partial charge is 0.477 e. The Morgan fingerprint density at radius 1 is 1.29 bits per heavy atom. The molecule has 6 nitrogen and oxygen atoms in total. The molecule has 1 N–H and O–H groups in total. The number of hydrogen-bond donors (Lipinski definition) is 1. The molecule has 0 saturated heterocycles. The van der Waals surface area contributed by atoms with Crippen LogP contribution in [0.1, 0.15) is 57.1 Å². The van der Waals surface area contributed by atoms with Crippen LogP contribution in [0.3, 0.4) is 0 Å². The van der Waals surface area contributed by atoms with Gasteiger partial charge in [-0.1, -0.05) is 13.8 Å². The van der Waals surface area contributed by atoms with E-state index in [0.717, 1.165) is 12.8 Å². The van der Waals surface area contributed by atoms with Crippen LogP contribution in [-0.2, 0) is 10.0 Å². The van der Waals surface area contributed by atoms with Crippen molar-refractivity contribution in [1.29, 1.82) is 0 Å². The lowest BCUT2D eigenvalue weighted by atomic mass is 10.3. The third-order valence-corrected chi connectivity index (χ3v) is 5.05. The van der Waals surface area contributed by atoms with E-state index in [2.05, 4.69) is 0 Å². The van der Waals surface area contributed by atoms with Crippen LogP contribution in [0.2, 0.25) is 0 Å². The highest BCUT2D eigenvalue weighted by atomic mass is 32.2. The summed E-state index contributed by atoms with van der Waals surface area (Å²) >= 11 is 0. The number of rotatable bonds is 8. The molecule has 0 amide bonds. The molecule has 0 saturated carbocycles. The van der Waals surface area contributed by atoms with E-state index in [1.807, 2.05) is 27.7 Å². The van der Waals surface area contributed by atoms with E-state index in [-0.39, 0.29) is 16.6 Å². The predicted octanol–water partition coefficient (Wildman–Crippen LogP) is 2.58. The van der Waals surface area contributed by atoms with Gasteiger partial charge in [0.05, 0.1) is 0 Å². The first-order chi connectivity index (χ1) is 9.75. The second-order valence-corrected chi connectivity index (χ2v) is 7.21. The summed E-state index contributed by atoms with van der Waals surface area (Å²) in [6.45, 7) is 8.34. The van der Waals surface area contributed by atoms with Gasteiger partial charge in [0.25, 0.3) is 0 Å². The van der Waals surface area contributed by atoms with Gasteiger partial charge in [-0.25, -0.2) is 13.2 Å². The van der Waals surface area contributed by atoms with Crippen LogP contribution < -0.4 is 0 Å². The average Bonchev–Trinajstić information content (AvgIpc) is 2.84. The summed E-state index contributed by atoms with van der Waals surface area (Å²) in [6, 6.07) is 1.13. The van der Waals surface area contributed by atoms with Gasteiger partial charge in [-0.2, -0.15) is 4.31 Å². The van der Waals surface area contributed by atoms with Gasteiger partial charge in [0.2, 0.25) is 10.0 Å². The molecule has 0 radical (unpaired) electrons. The van der Waals surface area contributed by atoms with Crippen LogP contribution >= 0.6 is 0 Å². The zero-order valence-corrected chi connectivity index (χ0v) is 13.9. The van der Waals surface area contributed by atoms with E-state index >= 15 is 0 Å². The molecule has 0 unspecified atom stereocenters. The molecular weight excluding hydrogens is 292 g/mol. The Morgan fingerprint density at radius 3 is 2.14 bits per heavy atom. The number of aromatic carboxylic acids is 1. The number of hydrogen-bond acceptors (Lipinski definition) is 3. The number of nitrogens with zero attached hydrogens (tertiary/aromatic N) is 2. The van der Waals surface area contributed by atoms with Crippen LogP contribution in [0.15, 0.2) is 17.2 Å². The Labute approximate surface area is 126 Å². The Bertz CT molecular complexity index is 584. The first-order valence-electron chi connectivity index (χ1n) is 7.21. The van der Waals surface area contributed by atoms with Crippen LogP contribution in [-0.4, -0.2) is 41.5 Å². The van der Waals surface area contributed by atoms with Gasteiger partial charge in [-0.3, -0.25) is 0 Å². The van der Waals surface area contributed by atoms with Crippen molar-refractivity contribution < 1.29 is 18.3 Å². The molecule has 1 aromatic rings. The highest BCUT2D eigenvalue weighted by Gasteiger charge is 2.27. The average molecular weight is 316 g/mol. The highest BCUT2D eigenvalue weighted by Crippen LogP contribution is 2.22. The second-order valence-electron chi connectivity index (χ2n) is 5.27. The molecule has 120 valence electrons. The lowest BCUT2D eigenvalue weighted by Gasteiger charge is -2.20. The van der Waals surface area contributed by atoms with Gasteiger partial charge >= 0.3 is 5.97 Å². The van der Waals surface area contributed by atoms with Crippen LogP contribution in [0.4, 0.5) is 0 Å². The van der Waals surface area contributed by atoms with E-state index in [0.29, 0.717) is 13.1 Å². The van der Waals surface area contributed by atoms with Crippen molar-refractivity contribution in [2.75, 3.05) is 13.1 Å². The van der Waals surface area contributed by atoms with Gasteiger partial charge in [0, 0.05) is 25.3 Å². The van der Waals surface area contributed by atoms with Crippen LogP contribution in [0.5, 0.6) is 0 Å². The fourth-order valence-corrected chi connectivity index (χ4v) is 3.85. The molecule has 0 atom stereocenters. The van der Waals surface area contributed by atoms with E-state index in [9.17, 15) is 18.3 Å². The summed E-state index contributed by atoms with van der Waals surface area (Å²) in [6.07, 6.45) is 2.85. The number of carboxylic acids is 1. The van der Waals surface area contributed by atoms with Gasteiger partial charge in [0.15, 0.2) is 0 Å². The molecule has 0 aliphatic carbocycles. The van der Waals surface area contributed by atoms with Crippen molar-refractivity contribution in [3.05, 3.63) is 18.0 Å². The van der Waals surface area contributed by atoms with Crippen molar-refractivity contribution in [3.63, 3.8) is 0 Å². The fourth-order valence-electron chi connectivity index (χ4n) is 2.19. The molecule has 0 spiro atoms. The minimum Gasteiger partial charge on any atom is -0.477 e. The third kappa shape index (κ3) is 3.85. The monoisotopic (exact) mass is 316 g/mol. The molecule has 0 aliphatic rings. The van der Waals surface area contributed by atoms with Gasteiger partial charge in [-0.05, 0) is 32.8 Å². The first-order valence-corrected chi connectivity index (χ1v) is 8.65. The first kappa shape index (κ1) is 17.7. The summed E-state index contributed by atoms with van der Waals surface area (Å²) in [5.41, 5.74) is -0.00322. The standard InChI is InChI=1S/C14H24N2O4S/c1-5-7-15(8-6-2)21(19,20)12-9-13(14(17)18)16(10-12)11(3)4/h9-11H,5-8H2,1-4H3,(H,17,18). The van der Waals surface area contributed by atoms with E-state index in [1.165, 1.54) is 21.1 Å². The van der Waals surface area contributed by atoms with E-state index in [1.54, 1.807) is 0 Å². The van der Waals surface area contributed by atoms with E-state index < -0.39 is 16.0 Å². The maximum Gasteiger partial charge on any atom is 0.352 e. The van der Waals surface area contributed by atoms with Gasteiger partial charge in [0.1, 0.15) is 10.6 Å². The topological polar surface area (TPSA) is 79.6 Å². The summed E-state index contributed by atoms with van der Waals surface area (Å²) in [5.74, 6) is -1.12. The molecule has 0 aliphatic heterocycles. The Kier molecular flexibility index (Phi) is 5.98. The summed E-state index contributed by atoms with van der Waals surface area (Å²) in [7, 11) is -3.64. The molecule has 1 heterocycles. The van der Waals surface area contributed by atoms with Crippen molar-refractivity contribution in [3.8, 4) is 0 Å². The number of carboxylic acid groups (broad SMARTS) is 1. The molecule has 0 fully saturated rings. The van der Waals surface area contributed by atoms with E-state index in [4.69, 9.17) is 0 Å². The Hall–Kier alpha value is -1.34. The zero-order chi connectivity index (χ0) is 16.2. The molecule has 21 heavy (non-hydrogen) atoms. The minimum atomic E-state index is -3.64. The van der Waals surface area contributed by atoms with Crippen molar-refractivity contribution in [2.24, 2.45) is 0 Å². The maximum atomic E-state index is 12.6. The molecule has 0 bridgehead atoms. The Balaban J connectivity index is 3.30. The predicted molar refractivity (Wildman–Crippen MR) is 81.1 cm³/mol. The molecule has 7 heteroatoms. The second kappa shape index (κ2) is 7.09. The van der Waals surface area contributed by atoms with Crippen molar-refractivity contribution >= 4 is 16.0 Å².